The van der Waals surface area contributed by atoms with E-state index in [1.54, 1.807) is 0 Å². The molecule has 0 aliphatic rings. The maximum absolute atomic E-state index is 12.6. The first-order valence-corrected chi connectivity index (χ1v) is 9.43. The SMILES string of the molecule is CC(C)C(=S)COC(=O)c1cc(-c2nn(C)c(OC(F)F)c2Cl)c(Cl)cc1Cl. The van der Waals surface area contributed by atoms with Gasteiger partial charge in [-0.2, -0.15) is 13.9 Å². The van der Waals surface area contributed by atoms with E-state index < -0.39 is 12.6 Å². The van der Waals surface area contributed by atoms with Crippen molar-refractivity contribution in [3.63, 3.8) is 0 Å². The van der Waals surface area contributed by atoms with Gasteiger partial charge in [0, 0.05) is 17.5 Å². The van der Waals surface area contributed by atoms with Crippen molar-refractivity contribution in [2.75, 3.05) is 6.61 Å². The van der Waals surface area contributed by atoms with Crippen molar-refractivity contribution >= 4 is 57.9 Å². The van der Waals surface area contributed by atoms with Crippen molar-refractivity contribution in [1.29, 1.82) is 0 Å². The number of thiocarbonyl (C=S) groups is 1. The van der Waals surface area contributed by atoms with E-state index in [1.165, 1.54) is 19.2 Å². The molecule has 5 nitrogen and oxygen atoms in total. The van der Waals surface area contributed by atoms with Crippen LogP contribution in [0.3, 0.4) is 0 Å². The van der Waals surface area contributed by atoms with Gasteiger partial charge in [0.05, 0.1) is 15.6 Å². The van der Waals surface area contributed by atoms with Gasteiger partial charge in [0.15, 0.2) is 0 Å². The summed E-state index contributed by atoms with van der Waals surface area (Å²) in [4.78, 5) is 13.0. The lowest BCUT2D eigenvalue weighted by Crippen LogP contribution is -2.17. The Morgan fingerprint density at radius 3 is 2.46 bits per heavy atom. The number of nitrogens with zero attached hydrogens (tertiary/aromatic N) is 2. The number of rotatable bonds is 7. The standard InChI is InChI=1S/C17H15Cl3F2N2O3S/c1-7(2)12(28)6-26-16(25)9-4-8(10(18)5-11(9)19)14-13(20)15(24(3)23-14)27-17(21)22/h4-5,7,17H,6H2,1-3H3. The van der Waals surface area contributed by atoms with Gasteiger partial charge in [0.25, 0.3) is 0 Å². The summed E-state index contributed by atoms with van der Waals surface area (Å²) in [5.41, 5.74) is 0.257. The first-order chi connectivity index (χ1) is 13.0. The molecular weight excluding hydrogens is 457 g/mol. The van der Waals surface area contributed by atoms with Crippen LogP contribution in [0.4, 0.5) is 8.78 Å². The Balaban J connectivity index is 2.41. The third kappa shape index (κ3) is 5.11. The van der Waals surface area contributed by atoms with Crippen molar-refractivity contribution in [2.45, 2.75) is 20.5 Å². The van der Waals surface area contributed by atoms with Crippen molar-refractivity contribution in [3.05, 3.63) is 32.8 Å². The predicted molar refractivity (Wildman–Crippen MR) is 108 cm³/mol. The highest BCUT2D eigenvalue weighted by Gasteiger charge is 2.24. The second-order valence-corrected chi connectivity index (χ2v) is 7.70. The number of aryl methyl sites for hydroxylation is 1. The van der Waals surface area contributed by atoms with E-state index in [0.29, 0.717) is 4.86 Å². The van der Waals surface area contributed by atoms with E-state index in [4.69, 9.17) is 51.8 Å². The largest absolute Gasteiger partial charge is 0.457 e. The zero-order valence-corrected chi connectivity index (χ0v) is 18.0. The van der Waals surface area contributed by atoms with Gasteiger partial charge in [0.1, 0.15) is 17.3 Å². The molecule has 11 heteroatoms. The molecule has 0 bridgehead atoms. The number of carbonyl (C=O) groups excluding carboxylic acids is 1. The number of ether oxygens (including phenoxy) is 2. The summed E-state index contributed by atoms with van der Waals surface area (Å²) < 4.78 is 35.7. The van der Waals surface area contributed by atoms with Crippen molar-refractivity contribution in [3.8, 4) is 17.1 Å². The molecule has 0 aliphatic carbocycles. The third-order valence-electron chi connectivity index (χ3n) is 3.66. The summed E-state index contributed by atoms with van der Waals surface area (Å²) >= 11 is 23.6. The fraction of sp³-hybridized carbons (Fsp3) is 0.353. The molecule has 0 N–H and O–H groups in total. The van der Waals surface area contributed by atoms with Gasteiger partial charge < -0.3 is 9.47 Å². The number of aromatic nitrogens is 2. The van der Waals surface area contributed by atoms with E-state index in [0.717, 1.165) is 4.68 Å². The molecule has 0 saturated heterocycles. The molecule has 0 atom stereocenters. The van der Waals surface area contributed by atoms with Gasteiger partial charge in [-0.1, -0.05) is 60.9 Å². The average molecular weight is 472 g/mol. The molecule has 28 heavy (non-hydrogen) atoms. The van der Waals surface area contributed by atoms with Crippen molar-refractivity contribution in [1.82, 2.24) is 9.78 Å². The molecule has 0 saturated carbocycles. The van der Waals surface area contributed by atoms with Crippen LogP contribution < -0.4 is 4.74 Å². The van der Waals surface area contributed by atoms with Crippen LogP contribution in [-0.2, 0) is 11.8 Å². The zero-order valence-electron chi connectivity index (χ0n) is 14.9. The number of carbonyl (C=O) groups is 1. The van der Waals surface area contributed by atoms with E-state index >= 15 is 0 Å². The Bertz CT molecular complexity index is 920. The molecule has 0 unspecified atom stereocenters. The lowest BCUT2D eigenvalue weighted by Gasteiger charge is -2.11. The summed E-state index contributed by atoms with van der Waals surface area (Å²) in [7, 11) is 1.37. The fourth-order valence-electron chi connectivity index (χ4n) is 2.14. The molecule has 1 aromatic heterocycles. The van der Waals surface area contributed by atoms with Gasteiger partial charge in [-0.05, 0) is 18.1 Å². The fourth-order valence-corrected chi connectivity index (χ4v) is 3.05. The molecule has 1 aromatic carbocycles. The van der Waals surface area contributed by atoms with Crippen LogP contribution in [0.15, 0.2) is 12.1 Å². The maximum Gasteiger partial charge on any atom is 0.388 e. The van der Waals surface area contributed by atoms with Crippen molar-refractivity contribution < 1.29 is 23.0 Å². The Kier molecular flexibility index (Phi) is 7.61. The van der Waals surface area contributed by atoms with Crippen LogP contribution >= 0.6 is 47.0 Å². The number of hydrogen-bond acceptors (Lipinski definition) is 5. The van der Waals surface area contributed by atoms with Gasteiger partial charge >= 0.3 is 12.6 Å². The topological polar surface area (TPSA) is 53.3 Å². The normalized spacial score (nSPS) is 11.2. The molecular formula is C17H15Cl3F2N2O3S. The lowest BCUT2D eigenvalue weighted by molar-refractivity contribution is -0.0552. The quantitative estimate of drug-likeness (QED) is 0.375. The molecule has 0 spiro atoms. The number of esters is 1. The van der Waals surface area contributed by atoms with Gasteiger partial charge in [-0.3, -0.25) is 0 Å². The number of alkyl halides is 2. The van der Waals surface area contributed by atoms with Crippen LogP contribution in [0.5, 0.6) is 5.88 Å². The summed E-state index contributed by atoms with van der Waals surface area (Å²) in [6.45, 7) is 0.630. The van der Waals surface area contributed by atoms with Crippen LogP contribution in [0.2, 0.25) is 15.1 Å². The van der Waals surface area contributed by atoms with Crippen LogP contribution in [0.1, 0.15) is 24.2 Å². The molecule has 0 aliphatic heterocycles. The zero-order chi connectivity index (χ0) is 21.2. The Hall–Kier alpha value is -1.48. The molecule has 0 amide bonds. The highest BCUT2D eigenvalue weighted by Crippen LogP contribution is 2.40. The summed E-state index contributed by atoms with van der Waals surface area (Å²) in [6, 6.07) is 2.64. The minimum atomic E-state index is -3.09. The van der Waals surface area contributed by atoms with Gasteiger partial charge in [-0.25, -0.2) is 9.48 Å². The average Bonchev–Trinajstić information content (AvgIpc) is 2.87. The van der Waals surface area contributed by atoms with E-state index in [9.17, 15) is 13.6 Å². The Morgan fingerprint density at radius 1 is 1.25 bits per heavy atom. The highest BCUT2D eigenvalue weighted by atomic mass is 35.5. The maximum atomic E-state index is 12.6. The Labute approximate surface area is 180 Å². The summed E-state index contributed by atoms with van der Waals surface area (Å²) in [5, 5.41) is 4.02. The molecule has 152 valence electrons. The first kappa shape index (κ1) is 22.8. The van der Waals surface area contributed by atoms with E-state index in [-0.39, 0.29) is 50.3 Å². The molecule has 2 aromatic rings. The second kappa shape index (κ2) is 9.35. The Morgan fingerprint density at radius 2 is 1.89 bits per heavy atom. The summed E-state index contributed by atoms with van der Waals surface area (Å²) in [5.74, 6) is -0.995. The van der Waals surface area contributed by atoms with E-state index in [2.05, 4.69) is 9.84 Å². The van der Waals surface area contributed by atoms with Gasteiger partial charge in [0.2, 0.25) is 5.88 Å². The number of benzene rings is 1. The highest BCUT2D eigenvalue weighted by molar-refractivity contribution is 7.80. The minimum absolute atomic E-state index is 0.00525. The van der Waals surface area contributed by atoms with Gasteiger partial charge in [-0.15, -0.1) is 0 Å². The second-order valence-electron chi connectivity index (χ2n) is 5.98. The van der Waals surface area contributed by atoms with E-state index in [1.807, 2.05) is 13.8 Å². The molecule has 0 radical (unpaired) electrons. The minimum Gasteiger partial charge on any atom is -0.457 e. The van der Waals surface area contributed by atoms with Crippen LogP contribution in [0.25, 0.3) is 11.3 Å². The molecule has 0 fully saturated rings. The third-order valence-corrected chi connectivity index (χ3v) is 5.22. The monoisotopic (exact) mass is 470 g/mol. The smallest absolute Gasteiger partial charge is 0.388 e. The first-order valence-electron chi connectivity index (χ1n) is 7.89. The lowest BCUT2D eigenvalue weighted by atomic mass is 10.1. The molecule has 2 rings (SSSR count). The number of hydrogen-bond donors (Lipinski definition) is 0. The van der Waals surface area contributed by atoms with Crippen LogP contribution in [-0.4, -0.2) is 33.8 Å². The molecule has 1 heterocycles. The predicted octanol–water partition coefficient (Wildman–Crippen LogP) is 5.83. The van der Waals surface area contributed by atoms with Crippen molar-refractivity contribution in [2.24, 2.45) is 13.0 Å². The number of halogens is 5. The summed E-state index contributed by atoms with van der Waals surface area (Å²) in [6.07, 6.45) is 0. The van der Waals surface area contributed by atoms with Crippen LogP contribution in [0, 0.1) is 5.92 Å².